The van der Waals surface area contributed by atoms with Gasteiger partial charge in [0.1, 0.15) is 5.75 Å². The van der Waals surface area contributed by atoms with Crippen LogP contribution in [0.25, 0.3) is 0 Å². The van der Waals surface area contributed by atoms with Crippen LogP contribution in [0.15, 0.2) is 41.6 Å². The first-order valence-corrected chi connectivity index (χ1v) is 5.97. The van der Waals surface area contributed by atoms with E-state index in [0.29, 0.717) is 12.3 Å². The molecule has 1 heterocycles. The molecule has 1 unspecified atom stereocenters. The molecule has 19 heavy (non-hydrogen) atoms. The van der Waals surface area contributed by atoms with Gasteiger partial charge < -0.3 is 9.84 Å². The Hall–Kier alpha value is -2.14. The Morgan fingerprint density at radius 3 is 2.84 bits per heavy atom. The average Bonchev–Trinajstić information content (AvgIpc) is 2.41. The van der Waals surface area contributed by atoms with Gasteiger partial charge in [0.15, 0.2) is 0 Å². The number of aliphatic hydroxyl groups is 1. The van der Waals surface area contributed by atoms with Crippen molar-refractivity contribution >= 4 is 0 Å². The number of methoxy groups -OCH3 is 1. The Bertz CT molecular complexity index is 620. The van der Waals surface area contributed by atoms with E-state index in [1.165, 1.54) is 23.2 Å². The third-order valence-corrected chi connectivity index (χ3v) is 2.92. The Labute approximate surface area is 111 Å². The van der Waals surface area contributed by atoms with Gasteiger partial charge in [-0.15, -0.1) is 0 Å². The number of rotatable bonds is 4. The van der Waals surface area contributed by atoms with Gasteiger partial charge in [-0.05, 0) is 24.6 Å². The van der Waals surface area contributed by atoms with Crippen molar-refractivity contribution in [2.45, 2.75) is 19.6 Å². The van der Waals surface area contributed by atoms with E-state index in [-0.39, 0.29) is 5.56 Å². The fourth-order valence-corrected chi connectivity index (χ4v) is 1.86. The first kappa shape index (κ1) is 13.3. The highest BCUT2D eigenvalue weighted by atomic mass is 16.5. The molecule has 0 fully saturated rings. The minimum atomic E-state index is -0.560. The van der Waals surface area contributed by atoms with E-state index in [1.54, 1.807) is 26.2 Å². The van der Waals surface area contributed by atoms with Gasteiger partial charge in [0.2, 0.25) is 0 Å². The lowest BCUT2D eigenvalue weighted by atomic mass is 10.1. The summed E-state index contributed by atoms with van der Waals surface area (Å²) in [6.45, 7) is 2.05. The molecule has 1 N–H and O–H groups in total. The monoisotopic (exact) mass is 260 g/mol. The highest BCUT2D eigenvalue weighted by Gasteiger charge is 2.09. The standard InChI is InChI=1S/C14H16N2O3/c1-10(17)11-3-4-13(19-2)12(7-11)8-16-9-15-6-5-14(16)18/h3-7,9-10,17H,8H2,1-2H3. The summed E-state index contributed by atoms with van der Waals surface area (Å²) < 4.78 is 6.76. The zero-order valence-corrected chi connectivity index (χ0v) is 10.9. The van der Waals surface area contributed by atoms with E-state index in [9.17, 15) is 9.90 Å². The Balaban J connectivity index is 2.40. The van der Waals surface area contributed by atoms with Crippen molar-refractivity contribution < 1.29 is 9.84 Å². The van der Waals surface area contributed by atoms with E-state index in [2.05, 4.69) is 4.98 Å². The lowest BCUT2D eigenvalue weighted by molar-refractivity contribution is 0.199. The summed E-state index contributed by atoms with van der Waals surface area (Å²) >= 11 is 0. The number of hydrogen-bond donors (Lipinski definition) is 1. The molecule has 5 nitrogen and oxygen atoms in total. The van der Waals surface area contributed by atoms with Crippen LogP contribution in [-0.4, -0.2) is 21.8 Å². The van der Waals surface area contributed by atoms with Crippen LogP contribution >= 0.6 is 0 Å². The van der Waals surface area contributed by atoms with Crippen molar-refractivity contribution in [2.75, 3.05) is 7.11 Å². The molecule has 100 valence electrons. The molecule has 2 aromatic rings. The topological polar surface area (TPSA) is 64.3 Å². The van der Waals surface area contributed by atoms with Crippen molar-refractivity contribution in [1.82, 2.24) is 9.55 Å². The fourth-order valence-electron chi connectivity index (χ4n) is 1.86. The molecule has 0 saturated heterocycles. The molecule has 0 aliphatic rings. The number of hydrogen-bond acceptors (Lipinski definition) is 4. The quantitative estimate of drug-likeness (QED) is 0.901. The zero-order chi connectivity index (χ0) is 13.8. The molecule has 1 aromatic carbocycles. The number of aliphatic hydroxyl groups excluding tert-OH is 1. The van der Waals surface area contributed by atoms with Gasteiger partial charge in [0, 0.05) is 17.8 Å². The molecule has 2 rings (SSSR count). The van der Waals surface area contributed by atoms with E-state index in [0.717, 1.165) is 11.1 Å². The summed E-state index contributed by atoms with van der Waals surface area (Å²) in [6, 6.07) is 6.84. The van der Waals surface area contributed by atoms with Gasteiger partial charge in [0.05, 0.1) is 26.1 Å². The van der Waals surface area contributed by atoms with E-state index < -0.39 is 6.10 Å². The van der Waals surface area contributed by atoms with Crippen molar-refractivity contribution in [3.8, 4) is 5.75 Å². The van der Waals surface area contributed by atoms with Gasteiger partial charge in [-0.2, -0.15) is 0 Å². The van der Waals surface area contributed by atoms with Gasteiger partial charge in [0.25, 0.3) is 5.56 Å². The lowest BCUT2D eigenvalue weighted by Crippen LogP contribution is -2.19. The van der Waals surface area contributed by atoms with Crippen LogP contribution in [0.5, 0.6) is 5.75 Å². The second-order valence-electron chi connectivity index (χ2n) is 4.29. The molecule has 0 bridgehead atoms. The Morgan fingerprint density at radius 2 is 2.21 bits per heavy atom. The van der Waals surface area contributed by atoms with Gasteiger partial charge in [-0.25, -0.2) is 4.98 Å². The molecule has 1 atom stereocenters. The van der Waals surface area contributed by atoms with Crippen molar-refractivity contribution in [1.29, 1.82) is 0 Å². The molecule has 5 heteroatoms. The third kappa shape index (κ3) is 3.00. The highest BCUT2D eigenvalue weighted by Crippen LogP contribution is 2.23. The highest BCUT2D eigenvalue weighted by molar-refractivity contribution is 5.38. The average molecular weight is 260 g/mol. The number of ether oxygens (including phenoxy) is 1. The smallest absolute Gasteiger partial charge is 0.253 e. The second-order valence-corrected chi connectivity index (χ2v) is 4.29. The maximum Gasteiger partial charge on any atom is 0.253 e. The van der Waals surface area contributed by atoms with Crippen LogP contribution < -0.4 is 10.3 Å². The van der Waals surface area contributed by atoms with Crippen molar-refractivity contribution in [3.05, 3.63) is 58.3 Å². The third-order valence-electron chi connectivity index (χ3n) is 2.92. The lowest BCUT2D eigenvalue weighted by Gasteiger charge is -2.13. The summed E-state index contributed by atoms with van der Waals surface area (Å²) in [5, 5.41) is 9.61. The van der Waals surface area contributed by atoms with Gasteiger partial charge in [-0.1, -0.05) is 6.07 Å². The van der Waals surface area contributed by atoms with Crippen LogP contribution in [0.2, 0.25) is 0 Å². The predicted molar refractivity (Wildman–Crippen MR) is 71.2 cm³/mol. The maximum atomic E-state index is 11.7. The molecular formula is C14H16N2O3. The molecule has 0 radical (unpaired) electrons. The largest absolute Gasteiger partial charge is 0.496 e. The molecular weight excluding hydrogens is 244 g/mol. The van der Waals surface area contributed by atoms with Gasteiger partial charge in [-0.3, -0.25) is 9.36 Å². The fraction of sp³-hybridized carbons (Fsp3) is 0.286. The van der Waals surface area contributed by atoms with Crippen LogP contribution in [0.3, 0.4) is 0 Å². The second kappa shape index (κ2) is 5.67. The summed E-state index contributed by atoms with van der Waals surface area (Å²) in [5.41, 5.74) is 1.49. The van der Waals surface area contributed by atoms with Crippen LogP contribution in [0.1, 0.15) is 24.2 Å². The number of benzene rings is 1. The molecule has 0 aliphatic carbocycles. The molecule has 0 amide bonds. The normalized spacial score (nSPS) is 12.2. The summed E-state index contributed by atoms with van der Waals surface area (Å²) in [6.07, 6.45) is 2.38. The van der Waals surface area contributed by atoms with Gasteiger partial charge >= 0.3 is 0 Å². The molecule has 0 saturated carbocycles. The van der Waals surface area contributed by atoms with E-state index in [1.807, 2.05) is 6.07 Å². The molecule has 0 aliphatic heterocycles. The van der Waals surface area contributed by atoms with Crippen molar-refractivity contribution in [2.24, 2.45) is 0 Å². The van der Waals surface area contributed by atoms with E-state index >= 15 is 0 Å². The number of nitrogens with zero attached hydrogens (tertiary/aromatic N) is 2. The van der Waals surface area contributed by atoms with E-state index in [4.69, 9.17) is 4.74 Å². The molecule has 0 spiro atoms. The van der Waals surface area contributed by atoms with Crippen LogP contribution in [0.4, 0.5) is 0 Å². The predicted octanol–water partition coefficient (Wildman–Crippen LogP) is 1.35. The molecule has 1 aromatic heterocycles. The first-order valence-electron chi connectivity index (χ1n) is 5.97. The number of aromatic nitrogens is 2. The van der Waals surface area contributed by atoms with Crippen LogP contribution in [-0.2, 0) is 6.54 Å². The maximum absolute atomic E-state index is 11.7. The summed E-state index contributed by atoms with van der Waals surface area (Å²) in [5.74, 6) is 0.681. The minimum absolute atomic E-state index is 0.125. The Morgan fingerprint density at radius 1 is 1.42 bits per heavy atom. The SMILES string of the molecule is COc1ccc(C(C)O)cc1Cn1cnccc1=O. The van der Waals surface area contributed by atoms with Crippen molar-refractivity contribution in [3.63, 3.8) is 0 Å². The zero-order valence-electron chi connectivity index (χ0n) is 10.9. The summed E-state index contributed by atoms with van der Waals surface area (Å²) in [7, 11) is 1.58. The summed E-state index contributed by atoms with van der Waals surface area (Å²) in [4.78, 5) is 15.6. The Kier molecular flexibility index (Phi) is 3.97. The first-order chi connectivity index (χ1) is 9.11. The van der Waals surface area contributed by atoms with Crippen LogP contribution in [0, 0.1) is 0 Å². The minimum Gasteiger partial charge on any atom is -0.496 e.